The van der Waals surface area contributed by atoms with Gasteiger partial charge in [-0.2, -0.15) is 0 Å². The number of amides is 1. The third kappa shape index (κ3) is 4.16. The first-order chi connectivity index (χ1) is 10.8. The van der Waals surface area contributed by atoms with Crippen molar-refractivity contribution in [2.45, 2.75) is 26.2 Å². The molecule has 2 aromatic rings. The van der Waals surface area contributed by atoms with Crippen LogP contribution in [0.5, 0.6) is 0 Å². The Morgan fingerprint density at radius 3 is 2.22 bits per heavy atom. The molecule has 0 saturated heterocycles. The fourth-order valence-electron chi connectivity index (χ4n) is 2.13. The number of aromatic nitrogens is 1. The van der Waals surface area contributed by atoms with Gasteiger partial charge in [-0.1, -0.05) is 45.0 Å². The van der Waals surface area contributed by atoms with Crippen LogP contribution < -0.4 is 4.90 Å². The maximum atomic E-state index is 12.6. The third-order valence-corrected chi connectivity index (χ3v) is 3.46. The highest BCUT2D eigenvalue weighted by molar-refractivity contribution is 6.07. The number of pyridine rings is 1. The minimum Gasteiger partial charge on any atom is -0.480 e. The van der Waals surface area contributed by atoms with E-state index in [9.17, 15) is 9.59 Å². The van der Waals surface area contributed by atoms with Crippen molar-refractivity contribution in [2.24, 2.45) is 0 Å². The molecular formula is C18H20N2O3. The summed E-state index contributed by atoms with van der Waals surface area (Å²) >= 11 is 0. The number of para-hydroxylation sites is 1. The zero-order valence-electron chi connectivity index (χ0n) is 13.5. The van der Waals surface area contributed by atoms with Gasteiger partial charge in [0.2, 0.25) is 0 Å². The largest absolute Gasteiger partial charge is 0.480 e. The van der Waals surface area contributed by atoms with Crippen LogP contribution in [0.15, 0.2) is 48.7 Å². The standard InChI is InChI=1S/C18H20N2O3/c1-18(2,3)13-9-10-15(19-11-13)17(23)20(12-16(21)22)14-7-5-4-6-8-14/h4-11H,12H2,1-3H3,(H,21,22). The van der Waals surface area contributed by atoms with Gasteiger partial charge in [0.25, 0.3) is 5.91 Å². The molecule has 0 aliphatic carbocycles. The van der Waals surface area contributed by atoms with E-state index < -0.39 is 18.4 Å². The number of carboxylic acid groups (broad SMARTS) is 1. The SMILES string of the molecule is CC(C)(C)c1ccc(C(=O)N(CC(=O)O)c2ccccc2)nc1. The lowest BCUT2D eigenvalue weighted by Crippen LogP contribution is -2.36. The number of nitrogens with zero attached hydrogens (tertiary/aromatic N) is 2. The summed E-state index contributed by atoms with van der Waals surface area (Å²) in [5.74, 6) is -1.51. The van der Waals surface area contributed by atoms with Crippen LogP contribution in [0.25, 0.3) is 0 Å². The quantitative estimate of drug-likeness (QED) is 0.941. The molecule has 0 bridgehead atoms. The van der Waals surface area contributed by atoms with Gasteiger partial charge in [0.1, 0.15) is 12.2 Å². The molecule has 0 aliphatic heterocycles. The van der Waals surface area contributed by atoms with Crippen LogP contribution in [0.4, 0.5) is 5.69 Å². The Labute approximate surface area is 135 Å². The van der Waals surface area contributed by atoms with Crippen LogP contribution in [-0.2, 0) is 10.2 Å². The molecule has 1 N–H and O–H groups in total. The first-order valence-electron chi connectivity index (χ1n) is 7.34. The Morgan fingerprint density at radius 2 is 1.74 bits per heavy atom. The second-order valence-electron chi connectivity index (χ2n) is 6.30. The van der Waals surface area contributed by atoms with E-state index in [2.05, 4.69) is 25.8 Å². The monoisotopic (exact) mass is 312 g/mol. The number of carbonyl (C=O) groups excluding carboxylic acids is 1. The van der Waals surface area contributed by atoms with E-state index in [1.54, 1.807) is 36.5 Å². The Balaban J connectivity index is 2.32. The van der Waals surface area contributed by atoms with Crippen molar-refractivity contribution in [3.8, 4) is 0 Å². The minimum absolute atomic E-state index is 0.0608. The highest BCUT2D eigenvalue weighted by Crippen LogP contribution is 2.22. The molecule has 0 unspecified atom stereocenters. The first kappa shape index (κ1) is 16.7. The van der Waals surface area contributed by atoms with E-state index in [0.717, 1.165) is 5.56 Å². The van der Waals surface area contributed by atoms with Crippen molar-refractivity contribution in [3.05, 3.63) is 59.9 Å². The molecule has 1 heterocycles. The van der Waals surface area contributed by atoms with Crippen molar-refractivity contribution >= 4 is 17.6 Å². The first-order valence-corrected chi connectivity index (χ1v) is 7.34. The molecule has 2 rings (SSSR count). The minimum atomic E-state index is -1.08. The van der Waals surface area contributed by atoms with E-state index in [1.165, 1.54) is 4.90 Å². The molecule has 1 aromatic carbocycles. The average Bonchev–Trinajstić information content (AvgIpc) is 2.52. The number of benzene rings is 1. The number of hydrogen-bond donors (Lipinski definition) is 1. The van der Waals surface area contributed by atoms with Crippen molar-refractivity contribution < 1.29 is 14.7 Å². The number of hydrogen-bond acceptors (Lipinski definition) is 3. The molecule has 0 radical (unpaired) electrons. The zero-order chi connectivity index (χ0) is 17.0. The van der Waals surface area contributed by atoms with E-state index in [0.29, 0.717) is 5.69 Å². The number of carbonyl (C=O) groups is 2. The summed E-state index contributed by atoms with van der Waals surface area (Å²) < 4.78 is 0. The van der Waals surface area contributed by atoms with Crippen molar-refractivity contribution in [3.63, 3.8) is 0 Å². The third-order valence-electron chi connectivity index (χ3n) is 3.46. The summed E-state index contributed by atoms with van der Waals surface area (Å²) in [5, 5.41) is 9.08. The van der Waals surface area contributed by atoms with E-state index >= 15 is 0 Å². The van der Waals surface area contributed by atoms with E-state index in [-0.39, 0.29) is 11.1 Å². The maximum Gasteiger partial charge on any atom is 0.323 e. The molecule has 0 fully saturated rings. The van der Waals surface area contributed by atoms with Gasteiger partial charge in [-0.25, -0.2) is 0 Å². The Kier molecular flexibility index (Phi) is 4.79. The maximum absolute atomic E-state index is 12.6. The lowest BCUT2D eigenvalue weighted by atomic mass is 9.88. The fourth-order valence-corrected chi connectivity index (χ4v) is 2.13. The van der Waals surface area contributed by atoms with Gasteiger partial charge in [-0.15, -0.1) is 0 Å². The molecule has 5 nitrogen and oxygen atoms in total. The zero-order valence-corrected chi connectivity index (χ0v) is 13.5. The molecular weight excluding hydrogens is 292 g/mol. The number of rotatable bonds is 4. The molecule has 1 aromatic heterocycles. The van der Waals surface area contributed by atoms with Crippen LogP contribution in [0, 0.1) is 0 Å². The molecule has 0 spiro atoms. The summed E-state index contributed by atoms with van der Waals surface area (Å²) in [6.45, 7) is 5.77. The van der Waals surface area contributed by atoms with Gasteiger partial charge >= 0.3 is 5.97 Å². The fraction of sp³-hybridized carbons (Fsp3) is 0.278. The number of carboxylic acids is 1. The molecule has 5 heteroatoms. The smallest absolute Gasteiger partial charge is 0.323 e. The summed E-state index contributed by atoms with van der Waals surface area (Å²) in [7, 11) is 0. The van der Waals surface area contributed by atoms with E-state index in [4.69, 9.17) is 5.11 Å². The lowest BCUT2D eigenvalue weighted by molar-refractivity contribution is -0.135. The van der Waals surface area contributed by atoms with Gasteiger partial charge in [0.15, 0.2) is 0 Å². The highest BCUT2D eigenvalue weighted by atomic mass is 16.4. The average molecular weight is 312 g/mol. The van der Waals surface area contributed by atoms with Gasteiger partial charge in [0, 0.05) is 11.9 Å². The van der Waals surface area contributed by atoms with Crippen molar-refractivity contribution in [1.82, 2.24) is 4.98 Å². The van der Waals surface area contributed by atoms with Crippen LogP contribution in [0.3, 0.4) is 0 Å². The van der Waals surface area contributed by atoms with Gasteiger partial charge in [-0.05, 0) is 29.2 Å². The Morgan fingerprint density at radius 1 is 1.09 bits per heavy atom. The Bertz CT molecular complexity index is 688. The van der Waals surface area contributed by atoms with Crippen LogP contribution in [0.2, 0.25) is 0 Å². The van der Waals surface area contributed by atoms with Crippen molar-refractivity contribution in [2.75, 3.05) is 11.4 Å². The summed E-state index contributed by atoms with van der Waals surface area (Å²) in [6.07, 6.45) is 1.66. The summed E-state index contributed by atoms with van der Waals surface area (Å²) in [5.41, 5.74) is 1.71. The van der Waals surface area contributed by atoms with Crippen LogP contribution >= 0.6 is 0 Å². The molecule has 0 aliphatic rings. The molecule has 0 atom stereocenters. The van der Waals surface area contributed by atoms with Gasteiger partial charge < -0.3 is 5.11 Å². The second-order valence-corrected chi connectivity index (χ2v) is 6.30. The number of anilines is 1. The summed E-state index contributed by atoms with van der Waals surface area (Å²) in [6, 6.07) is 12.2. The molecule has 1 amide bonds. The van der Waals surface area contributed by atoms with Crippen LogP contribution in [-0.4, -0.2) is 28.5 Å². The molecule has 0 saturated carbocycles. The number of aliphatic carboxylic acids is 1. The van der Waals surface area contributed by atoms with E-state index in [1.807, 2.05) is 12.1 Å². The second kappa shape index (κ2) is 6.60. The molecule has 120 valence electrons. The van der Waals surface area contributed by atoms with Gasteiger partial charge in [0.05, 0.1) is 0 Å². The Hall–Kier alpha value is -2.69. The predicted molar refractivity (Wildman–Crippen MR) is 88.7 cm³/mol. The topological polar surface area (TPSA) is 70.5 Å². The van der Waals surface area contributed by atoms with Crippen molar-refractivity contribution in [1.29, 1.82) is 0 Å². The highest BCUT2D eigenvalue weighted by Gasteiger charge is 2.22. The lowest BCUT2D eigenvalue weighted by Gasteiger charge is -2.22. The summed E-state index contributed by atoms with van der Waals surface area (Å²) in [4.78, 5) is 29.2. The van der Waals surface area contributed by atoms with Crippen LogP contribution in [0.1, 0.15) is 36.8 Å². The molecule has 23 heavy (non-hydrogen) atoms. The normalized spacial score (nSPS) is 11.1. The predicted octanol–water partition coefficient (Wildman–Crippen LogP) is 3.11. The van der Waals surface area contributed by atoms with Gasteiger partial charge in [-0.3, -0.25) is 19.5 Å².